The summed E-state index contributed by atoms with van der Waals surface area (Å²) in [5, 5.41) is 3.43. The maximum absolute atomic E-state index is 5.74. The summed E-state index contributed by atoms with van der Waals surface area (Å²) in [6, 6.07) is 2.43. The second-order valence-electron chi connectivity index (χ2n) is 3.92. The van der Waals surface area contributed by atoms with Crippen LogP contribution in [0.1, 0.15) is 17.5 Å². The molecule has 1 aliphatic rings. The van der Waals surface area contributed by atoms with Crippen molar-refractivity contribution in [1.29, 1.82) is 0 Å². The Kier molecular flexibility index (Phi) is 3.66. The molecule has 1 aromatic heterocycles. The summed E-state index contributed by atoms with van der Waals surface area (Å²) < 4.78 is 0. The minimum Gasteiger partial charge on any atom is -0.389 e. The first-order valence-corrected chi connectivity index (χ1v) is 6.84. The van der Waals surface area contributed by atoms with Gasteiger partial charge in [0.05, 0.1) is 5.56 Å². The predicted molar refractivity (Wildman–Crippen MR) is 74.2 cm³/mol. The van der Waals surface area contributed by atoms with Crippen LogP contribution in [0, 0.1) is 6.92 Å². The quantitative estimate of drug-likeness (QED) is 0.806. The van der Waals surface area contributed by atoms with Crippen LogP contribution in [0.2, 0.25) is 0 Å². The van der Waals surface area contributed by atoms with Gasteiger partial charge < -0.3 is 11.1 Å². The minimum absolute atomic E-state index is 0.416. The molecule has 3 nitrogen and oxygen atoms in total. The summed E-state index contributed by atoms with van der Waals surface area (Å²) >= 11 is 7.04. The lowest BCUT2D eigenvalue weighted by Gasteiger charge is -2.16. The molecule has 2 rings (SSSR count). The van der Waals surface area contributed by atoms with E-state index in [-0.39, 0.29) is 0 Å². The zero-order valence-corrected chi connectivity index (χ0v) is 10.8. The van der Waals surface area contributed by atoms with E-state index >= 15 is 0 Å². The molecule has 0 aromatic carbocycles. The largest absolute Gasteiger partial charge is 0.389 e. The van der Waals surface area contributed by atoms with Crippen molar-refractivity contribution >= 4 is 34.8 Å². The van der Waals surface area contributed by atoms with Crippen molar-refractivity contribution in [3.63, 3.8) is 0 Å². The lowest BCUT2D eigenvalue weighted by molar-refractivity contribution is 0.806. The molecule has 86 valence electrons. The number of rotatable bonds is 3. The second kappa shape index (κ2) is 5.01. The zero-order valence-electron chi connectivity index (χ0n) is 9.19. The highest BCUT2D eigenvalue weighted by Crippen LogP contribution is 2.23. The smallest absolute Gasteiger partial charge is 0.136 e. The van der Waals surface area contributed by atoms with Crippen molar-refractivity contribution in [2.75, 3.05) is 16.8 Å². The first kappa shape index (κ1) is 11.7. The summed E-state index contributed by atoms with van der Waals surface area (Å²) in [7, 11) is 0. The van der Waals surface area contributed by atoms with Crippen LogP contribution >= 0.6 is 24.0 Å². The molecular weight excluding hydrogens is 238 g/mol. The average molecular weight is 253 g/mol. The Bertz CT molecular complexity index is 400. The van der Waals surface area contributed by atoms with Crippen molar-refractivity contribution < 1.29 is 0 Å². The topological polar surface area (TPSA) is 50.9 Å². The third-order valence-corrected chi connectivity index (χ3v) is 4.04. The summed E-state index contributed by atoms with van der Waals surface area (Å²) in [6.07, 6.45) is 2.97. The molecule has 0 radical (unpaired) electrons. The number of nitrogens with two attached hydrogens (primary N) is 1. The van der Waals surface area contributed by atoms with Crippen LogP contribution in [0.4, 0.5) is 5.82 Å². The number of thiocarbonyl (C=S) groups is 1. The normalized spacial score (nSPS) is 19.7. The van der Waals surface area contributed by atoms with Crippen molar-refractivity contribution in [2.24, 2.45) is 5.73 Å². The fraction of sp³-hybridized carbons (Fsp3) is 0.455. The van der Waals surface area contributed by atoms with E-state index in [0.29, 0.717) is 11.0 Å². The summed E-state index contributed by atoms with van der Waals surface area (Å²) in [5.74, 6) is 3.18. The minimum atomic E-state index is 0.416. The van der Waals surface area contributed by atoms with Gasteiger partial charge in [-0.15, -0.1) is 0 Å². The standard InChI is InChI=1S/C11H15N3S2/c1-7-2-4-13-11(9(7)10(12)15)14-8-3-5-16-6-8/h2,4,8H,3,5-6H2,1H3,(H2,12,15)(H,13,14). The molecule has 3 N–H and O–H groups in total. The van der Waals surface area contributed by atoms with E-state index in [1.807, 2.05) is 24.8 Å². The first-order chi connectivity index (χ1) is 7.68. The predicted octanol–water partition coefficient (Wildman–Crippen LogP) is 1.94. The number of aryl methyl sites for hydroxylation is 1. The van der Waals surface area contributed by atoms with E-state index in [2.05, 4.69) is 10.3 Å². The van der Waals surface area contributed by atoms with Gasteiger partial charge in [0.25, 0.3) is 0 Å². The number of hydrogen-bond donors (Lipinski definition) is 2. The summed E-state index contributed by atoms with van der Waals surface area (Å²) in [5.41, 5.74) is 7.70. The average Bonchev–Trinajstić information content (AvgIpc) is 2.70. The van der Waals surface area contributed by atoms with E-state index in [9.17, 15) is 0 Å². The van der Waals surface area contributed by atoms with Crippen molar-refractivity contribution in [3.8, 4) is 0 Å². The van der Waals surface area contributed by atoms with Gasteiger partial charge in [-0.2, -0.15) is 11.8 Å². The van der Waals surface area contributed by atoms with E-state index in [1.54, 1.807) is 6.20 Å². The molecule has 0 bridgehead atoms. The third-order valence-electron chi connectivity index (χ3n) is 2.68. The van der Waals surface area contributed by atoms with Crippen LogP contribution in [0.5, 0.6) is 0 Å². The lowest BCUT2D eigenvalue weighted by atomic mass is 10.1. The van der Waals surface area contributed by atoms with Gasteiger partial charge in [0.1, 0.15) is 10.8 Å². The lowest BCUT2D eigenvalue weighted by Crippen LogP contribution is -2.23. The number of pyridine rings is 1. The summed E-state index contributed by atoms with van der Waals surface area (Å²) in [4.78, 5) is 4.75. The molecule has 1 aliphatic heterocycles. The molecule has 0 spiro atoms. The van der Waals surface area contributed by atoms with Gasteiger partial charge in [0.2, 0.25) is 0 Å². The maximum Gasteiger partial charge on any atom is 0.136 e. The molecule has 16 heavy (non-hydrogen) atoms. The number of nitrogens with one attached hydrogen (secondary N) is 1. The van der Waals surface area contributed by atoms with Crippen LogP contribution < -0.4 is 11.1 Å². The highest BCUT2D eigenvalue weighted by atomic mass is 32.2. The van der Waals surface area contributed by atoms with Crippen molar-refractivity contribution in [1.82, 2.24) is 4.98 Å². The number of hydrogen-bond acceptors (Lipinski definition) is 4. The molecule has 1 saturated heterocycles. The number of aromatic nitrogens is 1. The van der Waals surface area contributed by atoms with Crippen LogP contribution in [-0.4, -0.2) is 27.5 Å². The van der Waals surface area contributed by atoms with Gasteiger partial charge >= 0.3 is 0 Å². The maximum atomic E-state index is 5.74. The van der Waals surface area contributed by atoms with Crippen LogP contribution in [0.15, 0.2) is 12.3 Å². The fourth-order valence-electron chi connectivity index (χ4n) is 1.82. The monoisotopic (exact) mass is 253 g/mol. The van der Waals surface area contributed by atoms with Crippen molar-refractivity contribution in [2.45, 2.75) is 19.4 Å². The molecular formula is C11H15N3S2. The van der Waals surface area contributed by atoms with E-state index in [0.717, 1.165) is 22.7 Å². The third kappa shape index (κ3) is 2.47. The molecule has 2 heterocycles. The number of thioether (sulfide) groups is 1. The number of nitrogens with zero attached hydrogens (tertiary/aromatic N) is 1. The van der Waals surface area contributed by atoms with Gasteiger partial charge in [0, 0.05) is 18.0 Å². The van der Waals surface area contributed by atoms with Gasteiger partial charge in [-0.25, -0.2) is 4.98 Å². The molecule has 0 amide bonds. The van der Waals surface area contributed by atoms with Crippen LogP contribution in [-0.2, 0) is 0 Å². The van der Waals surface area contributed by atoms with E-state index in [4.69, 9.17) is 18.0 Å². The molecule has 0 aliphatic carbocycles. The van der Waals surface area contributed by atoms with Crippen LogP contribution in [0.3, 0.4) is 0 Å². The highest BCUT2D eigenvalue weighted by molar-refractivity contribution is 7.99. The first-order valence-electron chi connectivity index (χ1n) is 5.28. The Balaban J connectivity index is 2.25. The zero-order chi connectivity index (χ0) is 11.5. The van der Waals surface area contributed by atoms with Gasteiger partial charge in [-0.05, 0) is 30.7 Å². The Labute approximate surface area is 105 Å². The van der Waals surface area contributed by atoms with Crippen LogP contribution in [0.25, 0.3) is 0 Å². The highest BCUT2D eigenvalue weighted by Gasteiger charge is 2.18. The Morgan fingerprint density at radius 2 is 2.50 bits per heavy atom. The second-order valence-corrected chi connectivity index (χ2v) is 5.51. The van der Waals surface area contributed by atoms with Gasteiger partial charge in [-0.1, -0.05) is 12.2 Å². The van der Waals surface area contributed by atoms with E-state index < -0.39 is 0 Å². The molecule has 0 saturated carbocycles. The summed E-state index contributed by atoms with van der Waals surface area (Å²) in [6.45, 7) is 2.00. The molecule has 1 unspecified atom stereocenters. The van der Waals surface area contributed by atoms with Crippen molar-refractivity contribution in [3.05, 3.63) is 23.4 Å². The Hall–Kier alpha value is -0.810. The molecule has 1 atom stereocenters. The Morgan fingerprint density at radius 3 is 3.12 bits per heavy atom. The van der Waals surface area contributed by atoms with E-state index in [1.165, 1.54) is 12.2 Å². The molecule has 1 fully saturated rings. The van der Waals surface area contributed by atoms with Gasteiger partial charge in [0.15, 0.2) is 0 Å². The van der Waals surface area contributed by atoms with Gasteiger partial charge in [-0.3, -0.25) is 0 Å². The Morgan fingerprint density at radius 1 is 1.69 bits per heavy atom. The SMILES string of the molecule is Cc1ccnc(NC2CCSC2)c1C(N)=S. The molecule has 1 aromatic rings. The molecule has 5 heteroatoms. The number of anilines is 1. The fourth-order valence-corrected chi connectivity index (χ4v) is 3.23.